The van der Waals surface area contributed by atoms with Crippen LogP contribution in [0.15, 0.2) is 49.1 Å². The highest BCUT2D eigenvalue weighted by molar-refractivity contribution is 5.94. The van der Waals surface area contributed by atoms with Gasteiger partial charge in [-0.05, 0) is 41.5 Å². The molecule has 140 valence electrons. The van der Waals surface area contributed by atoms with Crippen LogP contribution in [0.1, 0.15) is 32.9 Å². The van der Waals surface area contributed by atoms with Crippen LogP contribution in [0.4, 0.5) is 13.2 Å². The molecule has 5 nitrogen and oxygen atoms in total. The number of pyridine rings is 1. The van der Waals surface area contributed by atoms with Crippen molar-refractivity contribution >= 4 is 11.8 Å². The monoisotopic (exact) mass is 375 g/mol. The number of carbonyl (C=O) groups excluding carboxylic acids is 2. The molecule has 0 saturated heterocycles. The van der Waals surface area contributed by atoms with E-state index in [-0.39, 0.29) is 18.1 Å². The average molecular weight is 375 g/mol. The molecule has 0 unspecified atom stereocenters. The number of aromatic nitrogens is 1. The molecule has 1 aromatic carbocycles. The lowest BCUT2D eigenvalue weighted by Crippen LogP contribution is -2.24. The largest absolute Gasteiger partial charge is 0.433 e. The zero-order valence-corrected chi connectivity index (χ0v) is 14.2. The Hall–Kier alpha value is -3.16. The van der Waals surface area contributed by atoms with Gasteiger partial charge in [0.25, 0.3) is 5.91 Å². The lowest BCUT2D eigenvalue weighted by Gasteiger charge is -2.11. The van der Waals surface area contributed by atoms with Crippen LogP contribution in [0, 0.1) is 0 Å². The first-order valence-corrected chi connectivity index (χ1v) is 8.12. The van der Waals surface area contributed by atoms with Crippen LogP contribution in [0.25, 0.3) is 0 Å². The second-order valence-corrected chi connectivity index (χ2v) is 6.08. The van der Waals surface area contributed by atoms with Gasteiger partial charge in [0.2, 0.25) is 5.91 Å². The summed E-state index contributed by atoms with van der Waals surface area (Å²) in [6.45, 7) is 4.17. The van der Waals surface area contributed by atoms with E-state index in [1.54, 1.807) is 23.1 Å². The Bertz CT molecular complexity index is 909. The molecule has 1 N–H and O–H groups in total. The van der Waals surface area contributed by atoms with Crippen LogP contribution in [-0.4, -0.2) is 21.7 Å². The van der Waals surface area contributed by atoms with E-state index in [9.17, 15) is 22.8 Å². The molecular weight excluding hydrogens is 359 g/mol. The lowest BCUT2D eigenvalue weighted by molar-refractivity contribution is -0.141. The van der Waals surface area contributed by atoms with Gasteiger partial charge >= 0.3 is 6.18 Å². The van der Waals surface area contributed by atoms with Crippen LogP contribution in [0.5, 0.6) is 0 Å². The van der Waals surface area contributed by atoms with Gasteiger partial charge < -0.3 is 10.2 Å². The number of carbonyl (C=O) groups is 2. The predicted octanol–water partition coefficient (Wildman–Crippen LogP) is 3.06. The highest BCUT2D eigenvalue weighted by Crippen LogP contribution is 2.27. The summed E-state index contributed by atoms with van der Waals surface area (Å²) in [4.78, 5) is 29.1. The van der Waals surface area contributed by atoms with E-state index in [2.05, 4.69) is 16.9 Å². The minimum Gasteiger partial charge on any atom is -0.346 e. The molecular formula is C19H16F3N3O2. The topological polar surface area (TPSA) is 62.3 Å². The van der Waals surface area contributed by atoms with Gasteiger partial charge in [-0.15, -0.1) is 0 Å². The summed E-state index contributed by atoms with van der Waals surface area (Å²) in [6.07, 6.45) is -3.30. The Morgan fingerprint density at radius 2 is 1.93 bits per heavy atom. The van der Waals surface area contributed by atoms with Gasteiger partial charge in [-0.25, -0.2) is 4.98 Å². The Labute approximate surface area is 153 Å². The minimum absolute atomic E-state index is 0.113. The van der Waals surface area contributed by atoms with Crippen molar-refractivity contribution in [2.24, 2.45) is 0 Å². The van der Waals surface area contributed by atoms with Crippen LogP contribution in [0.3, 0.4) is 0 Å². The minimum atomic E-state index is -4.53. The number of hydrogen-bond acceptors (Lipinski definition) is 3. The smallest absolute Gasteiger partial charge is 0.346 e. The molecule has 0 aliphatic carbocycles. The van der Waals surface area contributed by atoms with E-state index >= 15 is 0 Å². The van der Waals surface area contributed by atoms with Crippen molar-refractivity contribution in [3.8, 4) is 0 Å². The number of amides is 2. The maximum absolute atomic E-state index is 12.7. The van der Waals surface area contributed by atoms with Gasteiger partial charge in [0.1, 0.15) is 5.69 Å². The first kappa shape index (κ1) is 18.6. The Balaban J connectivity index is 1.67. The Morgan fingerprint density at radius 1 is 1.19 bits per heavy atom. The van der Waals surface area contributed by atoms with Gasteiger partial charge in [0, 0.05) is 18.7 Å². The molecule has 27 heavy (non-hydrogen) atoms. The third-order valence-corrected chi connectivity index (χ3v) is 4.20. The van der Waals surface area contributed by atoms with Crippen molar-refractivity contribution in [1.82, 2.24) is 15.2 Å². The molecule has 0 saturated carbocycles. The molecule has 1 aromatic heterocycles. The number of nitrogens with zero attached hydrogens (tertiary/aromatic N) is 2. The molecule has 0 bridgehead atoms. The highest BCUT2D eigenvalue weighted by Gasteiger charge is 2.32. The average Bonchev–Trinajstić information content (AvgIpc) is 3.08. The van der Waals surface area contributed by atoms with Crippen LogP contribution in [-0.2, 0) is 30.6 Å². The summed E-state index contributed by atoms with van der Waals surface area (Å²) in [5.74, 6) is -0.613. The number of rotatable bonds is 4. The molecule has 0 atom stereocenters. The number of fused-ring (bicyclic) bond motifs is 1. The Kier molecular flexibility index (Phi) is 4.98. The third-order valence-electron chi connectivity index (χ3n) is 4.20. The molecule has 1 aliphatic rings. The van der Waals surface area contributed by atoms with E-state index in [1.807, 2.05) is 0 Å². The first-order valence-electron chi connectivity index (χ1n) is 8.12. The summed E-state index contributed by atoms with van der Waals surface area (Å²) in [5.41, 5.74) is 1.28. The number of halogens is 3. The van der Waals surface area contributed by atoms with E-state index in [0.29, 0.717) is 18.7 Å². The van der Waals surface area contributed by atoms with Crippen molar-refractivity contribution in [3.63, 3.8) is 0 Å². The van der Waals surface area contributed by atoms with Gasteiger partial charge in [-0.2, -0.15) is 13.2 Å². The van der Waals surface area contributed by atoms with Gasteiger partial charge in [-0.1, -0.05) is 18.7 Å². The van der Waals surface area contributed by atoms with Crippen molar-refractivity contribution < 1.29 is 22.8 Å². The number of nitrogens with one attached hydrogen (secondary N) is 1. The number of benzene rings is 1. The standard InChI is InChI=1S/C19H16F3N3O2/c1-2-17(26)25-10-13-7-6-12(8-14(13)11-25)18(27)23-9-15-4-3-5-16(24-15)19(20,21)22/h2-8H,1,9-11H2,(H,23,27). The second kappa shape index (κ2) is 7.22. The molecule has 0 fully saturated rings. The fraction of sp³-hybridized carbons (Fsp3) is 0.211. The van der Waals surface area contributed by atoms with Crippen LogP contribution >= 0.6 is 0 Å². The SMILES string of the molecule is C=CC(=O)N1Cc2ccc(C(=O)NCc3cccc(C(F)(F)F)n3)cc2C1. The Morgan fingerprint density at radius 3 is 2.63 bits per heavy atom. The van der Waals surface area contributed by atoms with E-state index in [4.69, 9.17) is 0 Å². The molecule has 1 aliphatic heterocycles. The normalized spacial score (nSPS) is 13.2. The fourth-order valence-electron chi connectivity index (χ4n) is 2.83. The van der Waals surface area contributed by atoms with E-state index < -0.39 is 17.8 Å². The van der Waals surface area contributed by atoms with Crippen molar-refractivity contribution in [2.75, 3.05) is 0 Å². The maximum atomic E-state index is 12.7. The molecule has 8 heteroatoms. The number of alkyl halides is 3. The molecule has 2 heterocycles. The van der Waals surface area contributed by atoms with Crippen molar-refractivity contribution in [1.29, 1.82) is 0 Å². The molecule has 0 spiro atoms. The second-order valence-electron chi connectivity index (χ2n) is 6.08. The van der Waals surface area contributed by atoms with E-state index in [1.165, 1.54) is 18.2 Å². The van der Waals surface area contributed by atoms with Gasteiger partial charge in [0.15, 0.2) is 0 Å². The molecule has 3 rings (SSSR count). The summed E-state index contributed by atoms with van der Waals surface area (Å²) in [6, 6.07) is 8.61. The van der Waals surface area contributed by atoms with Crippen LogP contribution in [0.2, 0.25) is 0 Å². The zero-order valence-electron chi connectivity index (χ0n) is 14.2. The van der Waals surface area contributed by atoms with Crippen LogP contribution < -0.4 is 5.32 Å². The predicted molar refractivity (Wildman–Crippen MR) is 91.3 cm³/mol. The fourth-order valence-corrected chi connectivity index (χ4v) is 2.83. The summed E-state index contributed by atoms with van der Waals surface area (Å²) < 4.78 is 38.1. The molecule has 0 radical (unpaired) electrons. The third kappa shape index (κ3) is 4.16. The van der Waals surface area contributed by atoms with E-state index in [0.717, 1.165) is 17.2 Å². The molecule has 2 amide bonds. The molecule has 2 aromatic rings. The van der Waals surface area contributed by atoms with Gasteiger partial charge in [0.05, 0.1) is 12.2 Å². The van der Waals surface area contributed by atoms with Crippen molar-refractivity contribution in [2.45, 2.75) is 25.8 Å². The summed E-state index contributed by atoms with van der Waals surface area (Å²) in [5, 5.41) is 2.56. The van der Waals surface area contributed by atoms with Crippen molar-refractivity contribution in [3.05, 3.63) is 77.1 Å². The quantitative estimate of drug-likeness (QED) is 0.836. The number of hydrogen-bond donors (Lipinski definition) is 1. The summed E-state index contributed by atoms with van der Waals surface area (Å²) >= 11 is 0. The maximum Gasteiger partial charge on any atom is 0.433 e. The zero-order chi connectivity index (χ0) is 19.6. The highest BCUT2D eigenvalue weighted by atomic mass is 19.4. The summed E-state index contributed by atoms with van der Waals surface area (Å²) in [7, 11) is 0. The first-order chi connectivity index (χ1) is 12.8. The lowest BCUT2D eigenvalue weighted by atomic mass is 10.1. The van der Waals surface area contributed by atoms with Gasteiger partial charge in [-0.3, -0.25) is 9.59 Å².